The molecule has 1 rings (SSSR count). The third-order valence-corrected chi connectivity index (χ3v) is 4.49. The fourth-order valence-corrected chi connectivity index (χ4v) is 3.32. The van der Waals surface area contributed by atoms with Gasteiger partial charge < -0.3 is 37.9 Å². The molecular formula is C22H30O15. The van der Waals surface area contributed by atoms with E-state index in [1.54, 1.807) is 0 Å². The summed E-state index contributed by atoms with van der Waals surface area (Å²) in [5.74, 6) is -5.00. The van der Waals surface area contributed by atoms with E-state index in [4.69, 9.17) is 37.9 Å². The van der Waals surface area contributed by atoms with Crippen LogP contribution < -0.4 is 0 Å². The van der Waals surface area contributed by atoms with E-state index < -0.39 is 91.9 Å². The van der Waals surface area contributed by atoms with Gasteiger partial charge in [-0.15, -0.1) is 0 Å². The lowest BCUT2D eigenvalue weighted by atomic mass is 10.0. The minimum Gasteiger partial charge on any atom is -0.463 e. The topological polar surface area (TPSA) is 193 Å². The van der Waals surface area contributed by atoms with Gasteiger partial charge in [0, 0.05) is 41.5 Å². The maximum absolute atomic E-state index is 11.8. The van der Waals surface area contributed by atoms with Crippen LogP contribution in [0.5, 0.6) is 0 Å². The monoisotopic (exact) mass is 534 g/mol. The van der Waals surface area contributed by atoms with E-state index in [2.05, 4.69) is 0 Å². The Bertz CT molecular complexity index is 868. The number of carbonyl (C=O) groups excluding carboxylic acids is 7. The van der Waals surface area contributed by atoms with Crippen molar-refractivity contribution in [1.29, 1.82) is 0 Å². The van der Waals surface area contributed by atoms with Gasteiger partial charge in [0.05, 0.1) is 6.61 Å². The molecule has 7 atom stereocenters. The molecule has 1 heterocycles. The predicted molar refractivity (Wildman–Crippen MR) is 115 cm³/mol. The van der Waals surface area contributed by atoms with Crippen LogP contribution in [-0.4, -0.2) is 98.2 Å². The van der Waals surface area contributed by atoms with Crippen molar-refractivity contribution in [3.8, 4) is 0 Å². The molecule has 0 saturated carbocycles. The Morgan fingerprint density at radius 2 is 1.30 bits per heavy atom. The lowest BCUT2D eigenvalue weighted by molar-refractivity contribution is -0.302. The summed E-state index contributed by atoms with van der Waals surface area (Å²) < 4.78 is 42.0. The minimum atomic E-state index is -1.70. The first kappa shape index (κ1) is 31.4. The normalized spacial score (nSPS) is 23.3. The Kier molecular flexibility index (Phi) is 12.6. The summed E-state index contributed by atoms with van der Waals surface area (Å²) in [5, 5.41) is 0. The molecule has 1 fully saturated rings. The van der Waals surface area contributed by atoms with Crippen LogP contribution in [0.15, 0.2) is 0 Å². The van der Waals surface area contributed by atoms with E-state index in [-0.39, 0.29) is 6.29 Å². The van der Waals surface area contributed by atoms with Crippen LogP contribution in [0.2, 0.25) is 0 Å². The highest BCUT2D eigenvalue weighted by Crippen LogP contribution is 2.27. The van der Waals surface area contributed by atoms with E-state index in [1.165, 1.54) is 0 Å². The molecule has 0 aromatic heterocycles. The second kappa shape index (κ2) is 14.8. The quantitative estimate of drug-likeness (QED) is 0.170. The number of ether oxygens (including phenoxy) is 8. The Balaban J connectivity index is 3.45. The molecule has 37 heavy (non-hydrogen) atoms. The molecule has 0 unspecified atom stereocenters. The summed E-state index contributed by atoms with van der Waals surface area (Å²) in [6.07, 6.45) is -10.5. The highest BCUT2D eigenvalue weighted by molar-refractivity contribution is 5.72. The second-order valence-electron chi connectivity index (χ2n) is 7.76. The van der Waals surface area contributed by atoms with Crippen molar-refractivity contribution in [2.75, 3.05) is 13.2 Å². The van der Waals surface area contributed by atoms with Gasteiger partial charge in [-0.3, -0.25) is 33.6 Å². The minimum absolute atomic E-state index is 0.169. The van der Waals surface area contributed by atoms with Crippen molar-refractivity contribution >= 4 is 42.1 Å². The molecule has 15 nitrogen and oxygen atoms in total. The summed E-state index contributed by atoms with van der Waals surface area (Å²) in [5.41, 5.74) is 0. The Morgan fingerprint density at radius 3 is 1.76 bits per heavy atom. The molecule has 0 aliphatic carbocycles. The Hall–Kier alpha value is -3.59. The third kappa shape index (κ3) is 10.9. The Labute approximate surface area is 211 Å². The van der Waals surface area contributed by atoms with Crippen LogP contribution >= 0.6 is 0 Å². The average molecular weight is 534 g/mol. The van der Waals surface area contributed by atoms with Crippen LogP contribution in [-0.2, 0) is 71.5 Å². The summed E-state index contributed by atoms with van der Waals surface area (Å²) >= 11 is 0. The first-order chi connectivity index (χ1) is 17.2. The highest BCUT2D eigenvalue weighted by atomic mass is 16.7. The lowest BCUT2D eigenvalue weighted by Gasteiger charge is -2.42. The highest BCUT2D eigenvalue weighted by Gasteiger charge is 2.50. The molecule has 0 amide bonds. The van der Waals surface area contributed by atoms with Gasteiger partial charge in [0.2, 0.25) is 0 Å². The van der Waals surface area contributed by atoms with Crippen molar-refractivity contribution in [2.24, 2.45) is 0 Å². The first-order valence-electron chi connectivity index (χ1n) is 11.0. The fraction of sp³-hybridized carbons (Fsp3) is 0.682. The molecule has 208 valence electrons. The van der Waals surface area contributed by atoms with E-state index in [0.717, 1.165) is 41.5 Å². The molecule has 1 saturated heterocycles. The fourth-order valence-electron chi connectivity index (χ4n) is 3.32. The number of hydrogen-bond acceptors (Lipinski definition) is 15. The molecule has 1 aliphatic heterocycles. The SMILES string of the molecule is CC(=O)OC[C@@H](O[C@@H]1OC[C@@H](OC(C)=O)[C@H](OC(C)=O)[C@H]1OC(C)=O)[C@H](OC(C)=O)[C@H](C=O)OC(C)=O. The van der Waals surface area contributed by atoms with Gasteiger partial charge >= 0.3 is 35.8 Å². The average Bonchev–Trinajstić information content (AvgIpc) is 2.75. The van der Waals surface area contributed by atoms with Crippen molar-refractivity contribution in [3.05, 3.63) is 0 Å². The third-order valence-electron chi connectivity index (χ3n) is 4.49. The largest absolute Gasteiger partial charge is 0.463 e. The van der Waals surface area contributed by atoms with E-state index in [1.807, 2.05) is 0 Å². The zero-order valence-corrected chi connectivity index (χ0v) is 21.2. The van der Waals surface area contributed by atoms with Gasteiger partial charge in [-0.25, -0.2) is 0 Å². The number of esters is 6. The van der Waals surface area contributed by atoms with E-state index in [0.29, 0.717) is 0 Å². The van der Waals surface area contributed by atoms with Gasteiger partial charge in [0.1, 0.15) is 12.7 Å². The van der Waals surface area contributed by atoms with E-state index >= 15 is 0 Å². The summed E-state index contributed by atoms with van der Waals surface area (Å²) in [4.78, 5) is 81.6. The smallest absolute Gasteiger partial charge is 0.303 e. The zero-order chi connectivity index (χ0) is 28.3. The van der Waals surface area contributed by atoms with Gasteiger partial charge in [-0.05, 0) is 0 Å². The summed E-state index contributed by atoms with van der Waals surface area (Å²) in [7, 11) is 0. The van der Waals surface area contributed by atoms with Crippen molar-refractivity contribution in [3.63, 3.8) is 0 Å². The maximum Gasteiger partial charge on any atom is 0.303 e. The number of carbonyl (C=O) groups is 7. The van der Waals surface area contributed by atoms with Crippen molar-refractivity contribution < 1.29 is 71.5 Å². The molecule has 0 aromatic rings. The predicted octanol–water partition coefficient (Wildman–Crippen LogP) is -0.852. The van der Waals surface area contributed by atoms with Gasteiger partial charge in [-0.1, -0.05) is 0 Å². The molecule has 1 aliphatic rings. The number of rotatable bonds is 12. The van der Waals surface area contributed by atoms with Crippen LogP contribution in [0.3, 0.4) is 0 Å². The first-order valence-corrected chi connectivity index (χ1v) is 11.0. The van der Waals surface area contributed by atoms with Crippen LogP contribution in [0, 0.1) is 0 Å². The van der Waals surface area contributed by atoms with Crippen LogP contribution in [0.1, 0.15) is 41.5 Å². The van der Waals surface area contributed by atoms with Crippen LogP contribution in [0.25, 0.3) is 0 Å². The lowest BCUT2D eigenvalue weighted by Crippen LogP contribution is -2.60. The number of hydrogen-bond donors (Lipinski definition) is 0. The summed E-state index contributed by atoms with van der Waals surface area (Å²) in [6.45, 7) is 5.24. The molecule has 0 spiro atoms. The molecule has 0 radical (unpaired) electrons. The maximum atomic E-state index is 11.8. The molecular weight excluding hydrogens is 504 g/mol. The summed E-state index contributed by atoms with van der Waals surface area (Å²) in [6, 6.07) is 0. The zero-order valence-electron chi connectivity index (χ0n) is 21.2. The second-order valence-corrected chi connectivity index (χ2v) is 7.76. The van der Waals surface area contributed by atoms with E-state index in [9.17, 15) is 33.6 Å². The number of aldehydes is 1. The molecule has 0 N–H and O–H groups in total. The molecule has 0 aromatic carbocycles. The molecule has 0 bridgehead atoms. The van der Waals surface area contributed by atoms with Crippen molar-refractivity contribution in [2.45, 2.75) is 84.5 Å². The van der Waals surface area contributed by atoms with Crippen molar-refractivity contribution in [1.82, 2.24) is 0 Å². The Morgan fingerprint density at radius 1 is 0.757 bits per heavy atom. The van der Waals surface area contributed by atoms with Crippen LogP contribution in [0.4, 0.5) is 0 Å². The van der Waals surface area contributed by atoms with Gasteiger partial charge in [0.25, 0.3) is 0 Å². The van der Waals surface area contributed by atoms with Gasteiger partial charge in [-0.2, -0.15) is 0 Å². The standard InChI is InChI=1S/C22H30O15/c1-10(24)30-8-17(19(34-13(4)27)16(7-23)32-11(2)25)37-22-21(36-15(6)29)20(35-14(5)28)18(9-31-22)33-12(3)26/h7,16-22H,8-9H2,1-6H3/t16-,17+,18+,19+,20-,21+,22-/m0/s1. The van der Waals surface area contributed by atoms with Gasteiger partial charge in [0.15, 0.2) is 43.1 Å². The molecule has 15 heteroatoms.